The molecule has 0 fully saturated rings. The average molecular weight is 298 g/mol. The Bertz CT molecular complexity index is 859. The van der Waals surface area contributed by atoms with Crippen molar-refractivity contribution in [2.45, 2.75) is 13.5 Å². The zero-order valence-corrected chi connectivity index (χ0v) is 11.9. The van der Waals surface area contributed by atoms with E-state index in [-0.39, 0.29) is 18.3 Å². The van der Waals surface area contributed by atoms with Crippen LogP contribution in [0.1, 0.15) is 11.4 Å². The van der Waals surface area contributed by atoms with Crippen LogP contribution in [0.4, 0.5) is 5.13 Å². The molecule has 0 aliphatic rings. The van der Waals surface area contributed by atoms with Gasteiger partial charge in [-0.2, -0.15) is 5.26 Å². The van der Waals surface area contributed by atoms with E-state index in [2.05, 4.69) is 20.4 Å². The number of carbonyl (C=O) groups is 1. The largest absolute Gasteiger partial charge is 0.300 e. The van der Waals surface area contributed by atoms with Gasteiger partial charge in [-0.1, -0.05) is 23.5 Å². The van der Waals surface area contributed by atoms with Crippen LogP contribution in [-0.2, 0) is 11.3 Å². The van der Waals surface area contributed by atoms with Crippen LogP contribution in [0.2, 0.25) is 0 Å². The van der Waals surface area contributed by atoms with E-state index in [0.29, 0.717) is 5.13 Å². The highest BCUT2D eigenvalue weighted by atomic mass is 32.1. The van der Waals surface area contributed by atoms with Gasteiger partial charge in [0.15, 0.2) is 5.13 Å². The average Bonchev–Trinajstić information content (AvgIpc) is 3.05. The van der Waals surface area contributed by atoms with Gasteiger partial charge >= 0.3 is 0 Å². The first-order chi connectivity index (χ1) is 10.2. The normalized spacial score (nSPS) is 10.5. The monoisotopic (exact) mass is 298 g/mol. The molecule has 3 aromatic rings. The predicted molar refractivity (Wildman–Crippen MR) is 77.7 cm³/mol. The molecule has 0 radical (unpaired) electrons. The molecule has 0 spiro atoms. The summed E-state index contributed by atoms with van der Waals surface area (Å²) in [5.74, 6) is -0.223. The van der Waals surface area contributed by atoms with Gasteiger partial charge < -0.3 is 5.32 Å². The Morgan fingerprint density at radius 1 is 1.52 bits per heavy atom. The fourth-order valence-electron chi connectivity index (χ4n) is 1.87. The lowest BCUT2D eigenvalue weighted by molar-refractivity contribution is -0.116. The Hall–Kier alpha value is -2.79. The summed E-state index contributed by atoms with van der Waals surface area (Å²) in [7, 11) is 0. The van der Waals surface area contributed by atoms with Gasteiger partial charge in [0, 0.05) is 0 Å². The number of nitriles is 1. The quantitative estimate of drug-likeness (QED) is 0.794. The van der Waals surface area contributed by atoms with Gasteiger partial charge in [-0.15, -0.1) is 5.10 Å². The number of carbonyl (C=O) groups excluding carboxylic acids is 1. The SMILES string of the molecule is Cc1cccc2sc(NC(=O)Cn3cnc(C#N)n3)nc12. The van der Waals surface area contributed by atoms with E-state index in [1.807, 2.05) is 31.2 Å². The Balaban J connectivity index is 1.74. The molecule has 7 nitrogen and oxygen atoms in total. The summed E-state index contributed by atoms with van der Waals surface area (Å²) in [5.41, 5.74) is 1.96. The molecule has 0 atom stereocenters. The van der Waals surface area contributed by atoms with Crippen molar-refractivity contribution in [2.75, 3.05) is 5.32 Å². The third kappa shape index (κ3) is 2.73. The number of aromatic nitrogens is 4. The number of aryl methyl sites for hydroxylation is 1. The van der Waals surface area contributed by atoms with Crippen molar-refractivity contribution in [3.63, 3.8) is 0 Å². The number of fused-ring (bicyclic) bond motifs is 1. The molecule has 2 heterocycles. The molecule has 0 bridgehead atoms. The van der Waals surface area contributed by atoms with Crippen molar-refractivity contribution in [1.29, 1.82) is 5.26 Å². The standard InChI is InChI=1S/C13H10N6OS/c1-8-3-2-4-9-12(8)17-13(21-9)16-11(20)6-19-7-15-10(5-14)18-19/h2-4,7H,6H2,1H3,(H,16,17,20). The summed E-state index contributed by atoms with van der Waals surface area (Å²) < 4.78 is 2.34. The Kier molecular flexibility index (Phi) is 3.33. The number of nitrogens with zero attached hydrogens (tertiary/aromatic N) is 5. The highest BCUT2D eigenvalue weighted by Gasteiger charge is 2.10. The highest BCUT2D eigenvalue weighted by molar-refractivity contribution is 7.22. The fraction of sp³-hybridized carbons (Fsp3) is 0.154. The maximum Gasteiger partial charge on any atom is 0.252 e. The Morgan fingerprint density at radius 2 is 2.38 bits per heavy atom. The van der Waals surface area contributed by atoms with Gasteiger partial charge in [-0.3, -0.25) is 4.79 Å². The van der Waals surface area contributed by atoms with Crippen LogP contribution in [0.5, 0.6) is 0 Å². The number of hydrogen-bond acceptors (Lipinski definition) is 6. The Morgan fingerprint density at radius 3 is 3.10 bits per heavy atom. The summed E-state index contributed by atoms with van der Waals surface area (Å²) in [4.78, 5) is 20.1. The molecule has 1 amide bonds. The van der Waals surface area contributed by atoms with Crippen molar-refractivity contribution in [3.8, 4) is 6.07 Å². The number of benzene rings is 1. The van der Waals surface area contributed by atoms with Crippen LogP contribution in [0.25, 0.3) is 10.2 Å². The van der Waals surface area contributed by atoms with E-state index in [4.69, 9.17) is 5.26 Å². The number of rotatable bonds is 3. The molecule has 2 aromatic heterocycles. The molecule has 0 aliphatic carbocycles. The van der Waals surface area contributed by atoms with E-state index in [1.54, 1.807) is 0 Å². The van der Waals surface area contributed by atoms with E-state index in [9.17, 15) is 4.79 Å². The molecular formula is C13H10N6OS. The molecule has 21 heavy (non-hydrogen) atoms. The maximum absolute atomic E-state index is 11.9. The van der Waals surface area contributed by atoms with E-state index in [1.165, 1.54) is 22.3 Å². The number of amides is 1. The van der Waals surface area contributed by atoms with E-state index in [0.717, 1.165) is 15.8 Å². The summed E-state index contributed by atoms with van der Waals surface area (Å²) in [6, 6.07) is 7.71. The summed E-state index contributed by atoms with van der Waals surface area (Å²) >= 11 is 1.42. The topological polar surface area (TPSA) is 96.5 Å². The lowest BCUT2D eigenvalue weighted by atomic mass is 10.2. The number of anilines is 1. The number of nitrogens with one attached hydrogen (secondary N) is 1. The molecule has 1 N–H and O–H groups in total. The van der Waals surface area contributed by atoms with Crippen LogP contribution in [0.15, 0.2) is 24.5 Å². The molecule has 8 heteroatoms. The number of hydrogen-bond donors (Lipinski definition) is 1. The third-order valence-electron chi connectivity index (χ3n) is 2.81. The van der Waals surface area contributed by atoms with Crippen LogP contribution in [-0.4, -0.2) is 25.7 Å². The lowest BCUT2D eigenvalue weighted by Gasteiger charge is -2.00. The van der Waals surface area contributed by atoms with Gasteiger partial charge in [-0.25, -0.2) is 14.6 Å². The zero-order chi connectivity index (χ0) is 14.8. The van der Waals surface area contributed by atoms with Crippen molar-refractivity contribution in [1.82, 2.24) is 19.7 Å². The number of thiazole rings is 1. The summed E-state index contributed by atoms with van der Waals surface area (Å²) in [5, 5.41) is 15.7. The van der Waals surface area contributed by atoms with Gasteiger partial charge in [-0.05, 0) is 18.6 Å². The van der Waals surface area contributed by atoms with Crippen molar-refractivity contribution >= 4 is 32.6 Å². The fourth-order valence-corrected chi connectivity index (χ4v) is 2.83. The summed E-state index contributed by atoms with van der Waals surface area (Å²) in [6.45, 7) is 1.97. The number of para-hydroxylation sites is 1. The van der Waals surface area contributed by atoms with Crippen LogP contribution < -0.4 is 5.32 Å². The van der Waals surface area contributed by atoms with Crippen molar-refractivity contribution in [3.05, 3.63) is 35.9 Å². The van der Waals surface area contributed by atoms with Gasteiger partial charge in [0.05, 0.1) is 10.2 Å². The van der Waals surface area contributed by atoms with E-state index >= 15 is 0 Å². The highest BCUT2D eigenvalue weighted by Crippen LogP contribution is 2.27. The molecule has 0 saturated heterocycles. The molecule has 104 valence electrons. The predicted octanol–water partition coefficient (Wildman–Crippen LogP) is 1.71. The zero-order valence-electron chi connectivity index (χ0n) is 11.1. The molecule has 1 aromatic carbocycles. The molecule has 0 unspecified atom stereocenters. The first-order valence-corrected chi connectivity index (χ1v) is 6.93. The molecular weight excluding hydrogens is 288 g/mol. The third-order valence-corrected chi connectivity index (χ3v) is 3.75. The smallest absolute Gasteiger partial charge is 0.252 e. The molecule has 0 saturated carbocycles. The van der Waals surface area contributed by atoms with Crippen LogP contribution in [0.3, 0.4) is 0 Å². The minimum Gasteiger partial charge on any atom is -0.300 e. The second-order valence-corrected chi connectivity index (χ2v) is 5.40. The first kappa shape index (κ1) is 13.2. The second-order valence-electron chi connectivity index (χ2n) is 4.37. The first-order valence-electron chi connectivity index (χ1n) is 6.11. The minimum absolute atomic E-state index is 0.0103. The Labute approximate surface area is 123 Å². The molecule has 0 aliphatic heterocycles. The van der Waals surface area contributed by atoms with Gasteiger partial charge in [0.25, 0.3) is 5.82 Å². The van der Waals surface area contributed by atoms with Crippen molar-refractivity contribution < 1.29 is 4.79 Å². The maximum atomic E-state index is 11.9. The summed E-state index contributed by atoms with van der Waals surface area (Å²) in [6.07, 6.45) is 1.35. The minimum atomic E-state index is -0.263. The lowest BCUT2D eigenvalue weighted by Crippen LogP contribution is -2.19. The van der Waals surface area contributed by atoms with Crippen molar-refractivity contribution in [2.24, 2.45) is 0 Å². The van der Waals surface area contributed by atoms with Gasteiger partial charge in [0.1, 0.15) is 18.9 Å². The van der Waals surface area contributed by atoms with E-state index < -0.39 is 0 Å². The van der Waals surface area contributed by atoms with Crippen LogP contribution in [0, 0.1) is 18.3 Å². The van der Waals surface area contributed by atoms with Gasteiger partial charge in [0.2, 0.25) is 5.91 Å². The second kappa shape index (κ2) is 5.30. The van der Waals surface area contributed by atoms with Crippen LogP contribution >= 0.6 is 11.3 Å². The molecule has 3 rings (SSSR count).